The van der Waals surface area contributed by atoms with Crippen molar-refractivity contribution in [3.63, 3.8) is 0 Å². The molecule has 0 spiro atoms. The smallest absolute Gasteiger partial charge is 0.344 e. The van der Waals surface area contributed by atoms with Gasteiger partial charge in [0, 0.05) is 19.5 Å². The number of likely N-dealkylation sites (N-methyl/N-ethyl adjacent to an activating group) is 1. The maximum atomic E-state index is 14.0. The summed E-state index contributed by atoms with van der Waals surface area (Å²) in [5.74, 6) is -6.71. The highest BCUT2D eigenvalue weighted by Crippen LogP contribution is 2.46. The summed E-state index contributed by atoms with van der Waals surface area (Å²) in [6.07, 6.45) is -4.59. The van der Waals surface area contributed by atoms with E-state index in [2.05, 4.69) is 5.32 Å². The maximum Gasteiger partial charge on any atom is 0.416 e. The van der Waals surface area contributed by atoms with Gasteiger partial charge in [0.1, 0.15) is 0 Å². The van der Waals surface area contributed by atoms with Crippen molar-refractivity contribution in [1.29, 1.82) is 0 Å². The van der Waals surface area contributed by atoms with Crippen LogP contribution in [0.5, 0.6) is 0 Å². The fraction of sp³-hybridized carbons (Fsp3) is 0.286. The third-order valence-corrected chi connectivity index (χ3v) is 5.42. The van der Waals surface area contributed by atoms with Crippen LogP contribution in [0.1, 0.15) is 24.0 Å². The van der Waals surface area contributed by atoms with Gasteiger partial charge >= 0.3 is 6.18 Å². The minimum absolute atomic E-state index is 0.136. The highest BCUT2D eigenvalue weighted by molar-refractivity contribution is 6.27. The SMILES string of the molecule is CC(=O)[C@@]1(C(=O)Nc2cccc(F)c2F)C(=O)N(C)C[C@@H]1c1ccc(C(F)(F)F)cc1. The number of carbonyl (C=O) groups is 3. The molecule has 5 nitrogen and oxygen atoms in total. The first-order chi connectivity index (χ1) is 14.4. The zero-order valence-corrected chi connectivity index (χ0v) is 16.4. The van der Waals surface area contributed by atoms with Gasteiger partial charge in [-0.1, -0.05) is 18.2 Å². The molecule has 1 saturated heterocycles. The Morgan fingerprint density at radius 2 is 1.71 bits per heavy atom. The van der Waals surface area contributed by atoms with E-state index < -0.39 is 58.0 Å². The van der Waals surface area contributed by atoms with Crippen molar-refractivity contribution < 1.29 is 36.3 Å². The van der Waals surface area contributed by atoms with Gasteiger partial charge in [-0.3, -0.25) is 14.4 Å². The predicted molar refractivity (Wildman–Crippen MR) is 99.9 cm³/mol. The van der Waals surface area contributed by atoms with E-state index in [1.54, 1.807) is 0 Å². The first kappa shape index (κ1) is 22.4. The van der Waals surface area contributed by atoms with E-state index in [9.17, 15) is 36.3 Å². The summed E-state index contributed by atoms with van der Waals surface area (Å²) in [6.45, 7) is 0.860. The van der Waals surface area contributed by atoms with E-state index in [1.807, 2.05) is 0 Å². The van der Waals surface area contributed by atoms with Gasteiger partial charge in [0.25, 0.3) is 0 Å². The van der Waals surface area contributed by atoms with E-state index in [0.29, 0.717) is 0 Å². The molecule has 0 bridgehead atoms. The standard InChI is InChI=1S/C21H17F5N2O3/c1-11(29)20(18(30)27-16-5-3-4-15(22)17(16)23)14(10-28(2)19(20)31)12-6-8-13(9-7-12)21(24,25)26/h3-9,14H,10H2,1-2H3,(H,27,30)/t14-,20-/m1/s1. The molecule has 164 valence electrons. The molecule has 0 unspecified atom stereocenters. The Hall–Kier alpha value is -3.30. The lowest BCUT2D eigenvalue weighted by molar-refractivity contribution is -0.149. The van der Waals surface area contributed by atoms with Gasteiger partial charge in [0.15, 0.2) is 22.8 Å². The van der Waals surface area contributed by atoms with Crippen molar-refractivity contribution >= 4 is 23.3 Å². The van der Waals surface area contributed by atoms with Crippen molar-refractivity contribution in [2.24, 2.45) is 5.41 Å². The molecular weight excluding hydrogens is 423 g/mol. The van der Waals surface area contributed by atoms with Crippen LogP contribution in [0.2, 0.25) is 0 Å². The quantitative estimate of drug-likeness (QED) is 0.582. The van der Waals surface area contributed by atoms with E-state index in [1.165, 1.54) is 7.05 Å². The lowest BCUT2D eigenvalue weighted by Crippen LogP contribution is -2.50. The number of halogens is 5. The van der Waals surface area contributed by atoms with Crippen molar-refractivity contribution in [1.82, 2.24) is 4.90 Å². The van der Waals surface area contributed by atoms with Gasteiger partial charge < -0.3 is 10.2 Å². The molecule has 2 atom stereocenters. The van der Waals surface area contributed by atoms with E-state index in [4.69, 9.17) is 0 Å². The van der Waals surface area contributed by atoms with Gasteiger partial charge in [-0.2, -0.15) is 13.2 Å². The van der Waals surface area contributed by atoms with Crippen LogP contribution in [0.3, 0.4) is 0 Å². The summed E-state index contributed by atoms with van der Waals surface area (Å²) in [5, 5.41) is 2.10. The normalized spacial score (nSPS) is 21.3. The Morgan fingerprint density at radius 3 is 2.26 bits per heavy atom. The number of carbonyl (C=O) groups excluding carboxylic acids is 3. The average molecular weight is 440 g/mol. The van der Waals surface area contributed by atoms with Crippen LogP contribution in [-0.4, -0.2) is 36.1 Å². The third-order valence-electron chi connectivity index (χ3n) is 5.42. The third kappa shape index (κ3) is 3.66. The van der Waals surface area contributed by atoms with Crippen LogP contribution < -0.4 is 5.32 Å². The second kappa shape index (κ2) is 7.75. The van der Waals surface area contributed by atoms with Crippen LogP contribution >= 0.6 is 0 Å². The monoisotopic (exact) mass is 440 g/mol. The number of nitrogens with one attached hydrogen (secondary N) is 1. The molecule has 1 aliphatic heterocycles. The first-order valence-electron chi connectivity index (χ1n) is 9.10. The number of amides is 2. The van der Waals surface area contributed by atoms with Crippen LogP contribution in [0, 0.1) is 17.0 Å². The van der Waals surface area contributed by atoms with E-state index >= 15 is 0 Å². The van der Waals surface area contributed by atoms with Crippen molar-refractivity contribution in [2.45, 2.75) is 19.0 Å². The molecule has 1 fully saturated rings. The minimum atomic E-state index is -4.59. The Kier molecular flexibility index (Phi) is 5.60. The number of hydrogen-bond donors (Lipinski definition) is 1. The topological polar surface area (TPSA) is 66.5 Å². The summed E-state index contributed by atoms with van der Waals surface area (Å²) < 4.78 is 66.2. The molecule has 3 rings (SSSR count). The molecule has 0 radical (unpaired) electrons. The average Bonchev–Trinajstić information content (AvgIpc) is 2.97. The Bertz CT molecular complexity index is 1050. The number of hydrogen-bond acceptors (Lipinski definition) is 3. The Morgan fingerprint density at radius 1 is 1.10 bits per heavy atom. The minimum Gasteiger partial charge on any atom is -0.344 e. The molecular formula is C21H17F5N2O3. The van der Waals surface area contributed by atoms with Gasteiger partial charge in [-0.15, -0.1) is 0 Å². The van der Waals surface area contributed by atoms with Crippen molar-refractivity contribution in [3.05, 3.63) is 65.2 Å². The van der Waals surface area contributed by atoms with Gasteiger partial charge in [0.2, 0.25) is 11.8 Å². The predicted octanol–water partition coefficient (Wildman–Crippen LogP) is 3.75. The molecule has 10 heteroatoms. The van der Waals surface area contributed by atoms with Crippen LogP contribution in [-0.2, 0) is 20.6 Å². The molecule has 0 aliphatic carbocycles. The van der Waals surface area contributed by atoms with Crippen molar-refractivity contribution in [3.8, 4) is 0 Å². The molecule has 2 aromatic carbocycles. The summed E-state index contributed by atoms with van der Waals surface area (Å²) in [6, 6.07) is 6.76. The summed E-state index contributed by atoms with van der Waals surface area (Å²) in [5.41, 5.74) is -3.71. The zero-order chi connectivity index (χ0) is 23.1. The van der Waals surface area contributed by atoms with Crippen LogP contribution in [0.4, 0.5) is 27.6 Å². The number of rotatable bonds is 4. The molecule has 31 heavy (non-hydrogen) atoms. The lowest BCUT2D eigenvalue weighted by atomic mass is 9.70. The fourth-order valence-corrected chi connectivity index (χ4v) is 3.84. The second-order valence-corrected chi connectivity index (χ2v) is 7.28. The molecule has 2 aromatic rings. The number of alkyl halides is 3. The maximum absolute atomic E-state index is 14.0. The fourth-order valence-electron chi connectivity index (χ4n) is 3.84. The largest absolute Gasteiger partial charge is 0.416 e. The van der Waals surface area contributed by atoms with E-state index in [-0.39, 0.29) is 12.1 Å². The Balaban J connectivity index is 2.08. The number of benzene rings is 2. The second-order valence-electron chi connectivity index (χ2n) is 7.28. The zero-order valence-electron chi connectivity index (χ0n) is 16.4. The molecule has 1 heterocycles. The van der Waals surface area contributed by atoms with E-state index in [0.717, 1.165) is 54.3 Å². The molecule has 1 N–H and O–H groups in total. The van der Waals surface area contributed by atoms with Gasteiger partial charge in [-0.05, 0) is 36.8 Å². The van der Waals surface area contributed by atoms with Crippen molar-refractivity contribution in [2.75, 3.05) is 18.9 Å². The Labute approximate surface area is 173 Å². The summed E-state index contributed by atoms with van der Waals surface area (Å²) >= 11 is 0. The highest BCUT2D eigenvalue weighted by Gasteiger charge is 2.62. The van der Waals surface area contributed by atoms with Crippen LogP contribution in [0.25, 0.3) is 0 Å². The number of ketones is 1. The molecule has 1 aliphatic rings. The number of likely N-dealkylation sites (tertiary alicyclic amines) is 1. The van der Waals surface area contributed by atoms with Gasteiger partial charge in [0.05, 0.1) is 11.3 Å². The molecule has 0 aromatic heterocycles. The number of nitrogens with zero attached hydrogens (tertiary/aromatic N) is 1. The van der Waals surface area contributed by atoms with Crippen LogP contribution in [0.15, 0.2) is 42.5 Å². The molecule has 0 saturated carbocycles. The number of anilines is 1. The van der Waals surface area contributed by atoms with Gasteiger partial charge in [-0.25, -0.2) is 8.78 Å². The summed E-state index contributed by atoms with van der Waals surface area (Å²) in [7, 11) is 1.33. The first-order valence-corrected chi connectivity index (χ1v) is 9.10. The highest BCUT2D eigenvalue weighted by atomic mass is 19.4. The lowest BCUT2D eigenvalue weighted by Gasteiger charge is -2.29. The summed E-state index contributed by atoms with van der Waals surface area (Å²) in [4.78, 5) is 39.9. The number of Topliss-reactive ketones (excluding diaryl/α,β-unsaturated/α-hetero) is 1. The molecule has 2 amide bonds.